The molecule has 0 aliphatic rings. The maximum absolute atomic E-state index is 12.6. The van der Waals surface area contributed by atoms with Gasteiger partial charge in [-0.3, -0.25) is 9.44 Å². The molecule has 0 aliphatic heterocycles. The predicted octanol–water partition coefficient (Wildman–Crippen LogP) is 2.78. The van der Waals surface area contributed by atoms with Gasteiger partial charge in [0.2, 0.25) is 10.0 Å². The average molecular weight is 368 g/mol. The molecule has 130 valence electrons. The smallest absolute Gasteiger partial charge is 0.262 e. The van der Waals surface area contributed by atoms with Crippen LogP contribution in [0.1, 0.15) is 16.7 Å². The van der Waals surface area contributed by atoms with E-state index in [1.165, 1.54) is 24.3 Å². The second-order valence-corrected chi connectivity index (χ2v) is 9.15. The Morgan fingerprint density at radius 1 is 0.750 bits per heavy atom. The van der Waals surface area contributed by atoms with E-state index in [1.807, 2.05) is 19.1 Å². The minimum absolute atomic E-state index is 0.256. The van der Waals surface area contributed by atoms with E-state index in [1.54, 1.807) is 13.8 Å². The largest absolute Gasteiger partial charge is 0.284 e. The molecule has 2 aromatic carbocycles. The second kappa shape index (κ2) is 6.45. The van der Waals surface area contributed by atoms with Crippen LogP contribution >= 0.6 is 0 Å². The summed E-state index contributed by atoms with van der Waals surface area (Å²) >= 11 is 0. The summed E-state index contributed by atoms with van der Waals surface area (Å²) in [7, 11) is -7.10. The number of hydrogen-bond acceptors (Lipinski definition) is 4. The Labute approximate surface area is 143 Å². The molecular formula is C16H20N2O4S2. The number of sulfonamides is 2. The van der Waals surface area contributed by atoms with E-state index in [4.69, 9.17) is 0 Å². The fourth-order valence-corrected chi connectivity index (χ4v) is 4.70. The molecule has 24 heavy (non-hydrogen) atoms. The van der Waals surface area contributed by atoms with E-state index in [-0.39, 0.29) is 4.90 Å². The number of hydrogen-bond donors (Lipinski definition) is 2. The highest BCUT2D eigenvalue weighted by Gasteiger charge is 2.20. The molecule has 0 bridgehead atoms. The van der Waals surface area contributed by atoms with Crippen LogP contribution in [0.2, 0.25) is 0 Å². The molecule has 0 saturated carbocycles. The van der Waals surface area contributed by atoms with Crippen LogP contribution in [0.3, 0.4) is 0 Å². The van der Waals surface area contributed by atoms with E-state index < -0.39 is 20.0 Å². The van der Waals surface area contributed by atoms with Crippen molar-refractivity contribution < 1.29 is 16.8 Å². The molecule has 0 aliphatic carbocycles. The van der Waals surface area contributed by atoms with E-state index in [2.05, 4.69) is 9.44 Å². The fourth-order valence-electron chi connectivity index (χ4n) is 2.62. The SMILES string of the molecule is Cc1cc(C)c(S(=O)(=O)Nc2ccc(NS(C)(=O)=O)cc2)c(C)c1. The van der Waals surface area contributed by atoms with Gasteiger partial charge in [-0.2, -0.15) is 0 Å². The van der Waals surface area contributed by atoms with Gasteiger partial charge in [0.1, 0.15) is 0 Å². The average Bonchev–Trinajstić information content (AvgIpc) is 2.37. The molecule has 2 rings (SSSR count). The van der Waals surface area contributed by atoms with Crippen LogP contribution in [0.4, 0.5) is 11.4 Å². The highest BCUT2D eigenvalue weighted by atomic mass is 32.2. The summed E-state index contributed by atoms with van der Waals surface area (Å²) in [5.74, 6) is 0. The van der Waals surface area contributed by atoms with E-state index in [0.29, 0.717) is 22.5 Å². The van der Waals surface area contributed by atoms with Gasteiger partial charge >= 0.3 is 0 Å². The highest BCUT2D eigenvalue weighted by molar-refractivity contribution is 7.93. The van der Waals surface area contributed by atoms with Crippen LogP contribution < -0.4 is 9.44 Å². The van der Waals surface area contributed by atoms with Crippen molar-refractivity contribution in [2.24, 2.45) is 0 Å². The summed E-state index contributed by atoms with van der Waals surface area (Å²) in [6.07, 6.45) is 1.05. The van der Waals surface area contributed by atoms with Crippen LogP contribution in [0, 0.1) is 20.8 Å². The van der Waals surface area contributed by atoms with Crippen LogP contribution in [-0.2, 0) is 20.0 Å². The number of benzene rings is 2. The molecule has 0 saturated heterocycles. The quantitative estimate of drug-likeness (QED) is 0.849. The Morgan fingerprint density at radius 3 is 1.58 bits per heavy atom. The van der Waals surface area contributed by atoms with Crippen molar-refractivity contribution in [3.05, 3.63) is 53.1 Å². The van der Waals surface area contributed by atoms with Crippen molar-refractivity contribution in [2.75, 3.05) is 15.7 Å². The minimum atomic E-state index is -3.73. The van der Waals surface area contributed by atoms with Gasteiger partial charge in [-0.1, -0.05) is 17.7 Å². The first-order chi connectivity index (χ1) is 11.0. The molecule has 2 N–H and O–H groups in total. The molecule has 0 atom stereocenters. The Morgan fingerprint density at radius 2 is 1.17 bits per heavy atom. The third kappa shape index (κ3) is 4.48. The van der Waals surface area contributed by atoms with Crippen LogP contribution in [0.25, 0.3) is 0 Å². The number of anilines is 2. The van der Waals surface area contributed by atoms with Crippen LogP contribution in [0.15, 0.2) is 41.3 Å². The van der Waals surface area contributed by atoms with Gasteiger partial charge in [0, 0.05) is 11.4 Å². The van der Waals surface area contributed by atoms with Gasteiger partial charge in [0.25, 0.3) is 10.0 Å². The second-order valence-electron chi connectivity index (χ2n) is 5.78. The number of aryl methyl sites for hydroxylation is 3. The molecule has 0 unspecified atom stereocenters. The Balaban J connectivity index is 2.30. The zero-order valence-corrected chi connectivity index (χ0v) is 15.5. The lowest BCUT2D eigenvalue weighted by molar-refractivity contribution is 0.599. The topological polar surface area (TPSA) is 92.3 Å². The summed E-state index contributed by atoms with van der Waals surface area (Å²) in [4.78, 5) is 0.256. The Kier molecular flexibility index (Phi) is 4.91. The van der Waals surface area contributed by atoms with Crippen molar-refractivity contribution in [1.82, 2.24) is 0 Å². The van der Waals surface area contributed by atoms with Gasteiger partial charge in [-0.25, -0.2) is 16.8 Å². The van der Waals surface area contributed by atoms with Crippen molar-refractivity contribution in [3.63, 3.8) is 0 Å². The van der Waals surface area contributed by atoms with E-state index in [9.17, 15) is 16.8 Å². The summed E-state index contributed by atoms with van der Waals surface area (Å²) in [5.41, 5.74) is 3.07. The van der Waals surface area contributed by atoms with Crippen molar-refractivity contribution >= 4 is 31.4 Å². The summed E-state index contributed by atoms with van der Waals surface area (Å²) in [6.45, 7) is 5.43. The lowest BCUT2D eigenvalue weighted by Gasteiger charge is -2.14. The lowest BCUT2D eigenvalue weighted by atomic mass is 10.1. The molecule has 8 heteroatoms. The predicted molar refractivity (Wildman–Crippen MR) is 96.4 cm³/mol. The Hall–Kier alpha value is -2.06. The first-order valence-corrected chi connectivity index (χ1v) is 10.5. The first-order valence-electron chi connectivity index (χ1n) is 7.16. The molecule has 0 spiro atoms. The molecule has 0 amide bonds. The van der Waals surface area contributed by atoms with E-state index >= 15 is 0 Å². The number of nitrogens with one attached hydrogen (secondary N) is 2. The summed E-state index contributed by atoms with van der Waals surface area (Å²) in [6, 6.07) is 9.64. The normalized spacial score (nSPS) is 12.0. The van der Waals surface area contributed by atoms with Gasteiger partial charge in [0.05, 0.1) is 11.2 Å². The maximum atomic E-state index is 12.6. The van der Waals surface area contributed by atoms with Crippen LogP contribution in [-0.4, -0.2) is 23.1 Å². The molecular weight excluding hydrogens is 348 g/mol. The standard InChI is InChI=1S/C16H20N2O4S2/c1-11-9-12(2)16(13(3)10-11)24(21,22)18-15-7-5-14(6-8-15)17-23(4,19)20/h5-10,17-18H,1-4H3. The molecule has 0 radical (unpaired) electrons. The molecule has 0 fully saturated rings. The van der Waals surface area contributed by atoms with Gasteiger partial charge in [-0.15, -0.1) is 0 Å². The molecule has 0 heterocycles. The third-order valence-corrected chi connectivity index (χ3v) is 5.61. The maximum Gasteiger partial charge on any atom is 0.262 e. The summed E-state index contributed by atoms with van der Waals surface area (Å²) in [5, 5.41) is 0. The fraction of sp³-hybridized carbons (Fsp3) is 0.250. The first kappa shape index (κ1) is 18.3. The van der Waals surface area contributed by atoms with Crippen molar-refractivity contribution in [1.29, 1.82) is 0 Å². The third-order valence-electron chi connectivity index (χ3n) is 3.31. The highest BCUT2D eigenvalue weighted by Crippen LogP contribution is 2.25. The van der Waals surface area contributed by atoms with Gasteiger partial charge in [-0.05, 0) is 56.2 Å². The van der Waals surface area contributed by atoms with Gasteiger partial charge in [0.15, 0.2) is 0 Å². The van der Waals surface area contributed by atoms with Crippen molar-refractivity contribution in [3.8, 4) is 0 Å². The zero-order valence-electron chi connectivity index (χ0n) is 13.9. The minimum Gasteiger partial charge on any atom is -0.284 e. The van der Waals surface area contributed by atoms with Gasteiger partial charge < -0.3 is 0 Å². The van der Waals surface area contributed by atoms with Crippen LogP contribution in [0.5, 0.6) is 0 Å². The van der Waals surface area contributed by atoms with E-state index in [0.717, 1.165) is 11.8 Å². The molecule has 2 aromatic rings. The molecule has 6 nitrogen and oxygen atoms in total. The Bertz CT molecular complexity index is 941. The monoisotopic (exact) mass is 368 g/mol. The molecule has 0 aromatic heterocycles. The zero-order chi connectivity index (χ0) is 18.1. The lowest BCUT2D eigenvalue weighted by Crippen LogP contribution is -2.16. The number of rotatable bonds is 5. The van der Waals surface area contributed by atoms with Crippen molar-refractivity contribution in [2.45, 2.75) is 25.7 Å². The summed E-state index contributed by atoms with van der Waals surface area (Å²) < 4.78 is 52.5.